The minimum absolute atomic E-state index is 0.0362. The van der Waals surface area contributed by atoms with E-state index in [2.05, 4.69) is 29.6 Å². The van der Waals surface area contributed by atoms with Gasteiger partial charge < -0.3 is 24.5 Å². The molecule has 0 bridgehead atoms. The van der Waals surface area contributed by atoms with E-state index in [0.717, 1.165) is 51.9 Å². The summed E-state index contributed by atoms with van der Waals surface area (Å²) in [6, 6.07) is 15.8. The first kappa shape index (κ1) is 30.5. The van der Waals surface area contributed by atoms with Gasteiger partial charge in [0, 0.05) is 17.6 Å². The maximum atomic E-state index is 13.6. The molecule has 2 heterocycles. The third kappa shape index (κ3) is 8.21. The molecule has 4 rings (SSSR count). The lowest BCUT2D eigenvalue weighted by molar-refractivity contribution is 0.0600. The van der Waals surface area contributed by atoms with Crippen molar-refractivity contribution in [2.24, 2.45) is 11.7 Å². The summed E-state index contributed by atoms with van der Waals surface area (Å²) in [5, 5.41) is 2.61. The molecule has 0 radical (unpaired) electrons. The number of nitrogens with zero attached hydrogens (tertiary/aromatic N) is 2. The Hall–Kier alpha value is -4.07. The van der Waals surface area contributed by atoms with Crippen molar-refractivity contribution in [1.29, 1.82) is 0 Å². The summed E-state index contributed by atoms with van der Waals surface area (Å²) in [6.45, 7) is 12.7. The van der Waals surface area contributed by atoms with Crippen LogP contribution in [0.5, 0.6) is 11.5 Å². The minimum atomic E-state index is -0.725. The molecule has 0 unspecified atom stereocenters. The molecule has 2 aromatic carbocycles. The molecule has 0 saturated carbocycles. The van der Waals surface area contributed by atoms with Gasteiger partial charge in [-0.3, -0.25) is 9.78 Å². The molecule has 0 aliphatic carbocycles. The number of aromatic nitrogens is 2. The number of nitrogens with two attached hydrogens (primary N) is 1. The third-order valence-electron chi connectivity index (χ3n) is 6.25. The van der Waals surface area contributed by atoms with Crippen LogP contribution in [-0.4, -0.2) is 35.0 Å². The molecule has 0 aliphatic heterocycles. The number of hydrogen-bond acceptors (Lipinski definition) is 6. The van der Waals surface area contributed by atoms with Gasteiger partial charge in [0.2, 0.25) is 0 Å². The molecule has 0 fully saturated rings. The lowest BCUT2D eigenvalue weighted by Gasteiger charge is -2.16. The first-order valence-corrected chi connectivity index (χ1v) is 13.6. The number of aryl methyl sites for hydroxylation is 1. The van der Waals surface area contributed by atoms with E-state index in [4.69, 9.17) is 15.2 Å². The first-order valence-electron chi connectivity index (χ1n) is 13.6. The quantitative estimate of drug-likeness (QED) is 0.197. The van der Waals surface area contributed by atoms with Gasteiger partial charge in [0.05, 0.1) is 36.9 Å². The Morgan fingerprint density at radius 2 is 1.70 bits per heavy atom. The van der Waals surface area contributed by atoms with Crippen LogP contribution in [0.25, 0.3) is 21.7 Å². The molecule has 0 saturated heterocycles. The molecule has 0 aliphatic rings. The van der Waals surface area contributed by atoms with Gasteiger partial charge in [-0.25, -0.2) is 4.79 Å². The van der Waals surface area contributed by atoms with Crippen LogP contribution in [0, 0.1) is 12.8 Å². The zero-order valence-electron chi connectivity index (χ0n) is 24.6. The van der Waals surface area contributed by atoms with Gasteiger partial charge >= 0.3 is 6.09 Å². The van der Waals surface area contributed by atoms with Crippen molar-refractivity contribution in [2.75, 3.05) is 13.7 Å². The maximum Gasteiger partial charge on any atom is 0.405 e. The third-order valence-corrected chi connectivity index (χ3v) is 6.25. The normalized spacial score (nSPS) is 11.3. The molecular weight excluding hydrogens is 506 g/mol. The lowest BCUT2D eigenvalue weighted by Crippen LogP contribution is -2.27. The fraction of sp³-hybridized carbons (Fsp3) is 0.406. The van der Waals surface area contributed by atoms with Gasteiger partial charge in [-0.1, -0.05) is 26.0 Å². The molecular formula is C32H41N3O5. The van der Waals surface area contributed by atoms with Gasteiger partial charge in [0.15, 0.2) is 0 Å². The molecule has 0 atom stereocenters. The SMILES string of the molecule is CC(C)(C)OC(N)=O.COc1ccc(Cn2c(=O)c3c(C)nccc3c3ccc(OCCCC(C)C)cc32)cc1. The lowest BCUT2D eigenvalue weighted by atomic mass is 10.0. The smallest absolute Gasteiger partial charge is 0.405 e. The second kappa shape index (κ2) is 13.3. The summed E-state index contributed by atoms with van der Waals surface area (Å²) in [6.07, 6.45) is 3.18. The highest BCUT2D eigenvalue weighted by Crippen LogP contribution is 2.28. The van der Waals surface area contributed by atoms with E-state index in [9.17, 15) is 9.59 Å². The van der Waals surface area contributed by atoms with Crippen molar-refractivity contribution in [3.05, 3.63) is 76.3 Å². The molecule has 214 valence electrons. The van der Waals surface area contributed by atoms with Crippen LogP contribution in [0.3, 0.4) is 0 Å². The van der Waals surface area contributed by atoms with E-state index in [1.54, 1.807) is 34.1 Å². The Morgan fingerprint density at radius 3 is 2.27 bits per heavy atom. The van der Waals surface area contributed by atoms with Crippen LogP contribution >= 0.6 is 0 Å². The Bertz CT molecular complexity index is 1500. The molecule has 0 spiro atoms. The largest absolute Gasteiger partial charge is 0.497 e. The molecule has 8 nitrogen and oxygen atoms in total. The van der Waals surface area contributed by atoms with Crippen LogP contribution in [0.1, 0.15) is 58.7 Å². The molecule has 40 heavy (non-hydrogen) atoms. The van der Waals surface area contributed by atoms with Gasteiger partial charge in [0.1, 0.15) is 17.1 Å². The fourth-order valence-electron chi connectivity index (χ4n) is 4.41. The van der Waals surface area contributed by atoms with Crippen LogP contribution in [0.4, 0.5) is 4.79 Å². The van der Waals surface area contributed by atoms with E-state index >= 15 is 0 Å². The number of carbonyl (C=O) groups excluding carboxylic acids is 1. The number of fused-ring (bicyclic) bond motifs is 3. The zero-order valence-corrected chi connectivity index (χ0v) is 24.6. The predicted octanol–water partition coefficient (Wildman–Crippen LogP) is 6.61. The van der Waals surface area contributed by atoms with Crippen molar-refractivity contribution < 1.29 is 19.0 Å². The van der Waals surface area contributed by atoms with Crippen molar-refractivity contribution in [3.63, 3.8) is 0 Å². The highest BCUT2D eigenvalue weighted by molar-refractivity contribution is 6.06. The number of benzene rings is 2. The predicted molar refractivity (Wildman–Crippen MR) is 160 cm³/mol. The zero-order chi connectivity index (χ0) is 29.4. The van der Waals surface area contributed by atoms with Crippen LogP contribution in [0.15, 0.2) is 59.5 Å². The van der Waals surface area contributed by atoms with Crippen molar-refractivity contribution in [1.82, 2.24) is 9.55 Å². The standard InChI is InChI=1S/C27H30N2O3.C5H11NO2/c1-18(2)6-5-15-32-22-11-12-23-24-13-14-28-19(3)26(24)27(30)29(25(23)16-22)17-20-7-9-21(31-4)10-8-20;1-5(2,3)8-4(6)7/h7-14,16,18H,5-6,15,17H2,1-4H3;1-3H3,(H2,6,7). The van der Waals surface area contributed by atoms with Crippen molar-refractivity contribution in [3.8, 4) is 11.5 Å². The van der Waals surface area contributed by atoms with Gasteiger partial charge in [0.25, 0.3) is 5.56 Å². The van der Waals surface area contributed by atoms with Gasteiger partial charge in [-0.2, -0.15) is 0 Å². The Balaban J connectivity index is 0.000000482. The Kier molecular flexibility index (Phi) is 10.2. The summed E-state index contributed by atoms with van der Waals surface area (Å²) in [4.78, 5) is 28.0. The average molecular weight is 548 g/mol. The number of pyridine rings is 2. The summed E-state index contributed by atoms with van der Waals surface area (Å²) in [5.74, 6) is 2.24. The molecule has 2 N–H and O–H groups in total. The van der Waals surface area contributed by atoms with Crippen molar-refractivity contribution >= 4 is 27.8 Å². The second-order valence-corrected chi connectivity index (χ2v) is 11.2. The average Bonchev–Trinajstić information content (AvgIpc) is 2.88. The van der Waals surface area contributed by atoms with Crippen LogP contribution in [-0.2, 0) is 11.3 Å². The molecule has 2 aromatic heterocycles. The van der Waals surface area contributed by atoms with E-state index in [-0.39, 0.29) is 5.56 Å². The number of primary amides is 1. The first-order chi connectivity index (χ1) is 18.9. The monoisotopic (exact) mass is 547 g/mol. The summed E-state index contributed by atoms with van der Waals surface area (Å²) < 4.78 is 17.7. The Morgan fingerprint density at radius 1 is 1.02 bits per heavy atom. The summed E-state index contributed by atoms with van der Waals surface area (Å²) >= 11 is 0. The second-order valence-electron chi connectivity index (χ2n) is 11.2. The fourth-order valence-corrected chi connectivity index (χ4v) is 4.41. The van der Waals surface area contributed by atoms with Gasteiger partial charge in [-0.05, 0) is 87.7 Å². The summed E-state index contributed by atoms with van der Waals surface area (Å²) in [5.41, 5.74) is 6.86. The van der Waals surface area contributed by atoms with E-state index in [1.807, 2.05) is 54.0 Å². The number of amides is 1. The van der Waals surface area contributed by atoms with Crippen molar-refractivity contribution in [2.45, 2.75) is 66.5 Å². The number of carbonyl (C=O) groups is 1. The minimum Gasteiger partial charge on any atom is -0.497 e. The molecule has 1 amide bonds. The summed E-state index contributed by atoms with van der Waals surface area (Å²) in [7, 11) is 1.65. The Labute approximate surface area is 236 Å². The van der Waals surface area contributed by atoms with Crippen LogP contribution < -0.4 is 20.8 Å². The van der Waals surface area contributed by atoms with Gasteiger partial charge in [-0.15, -0.1) is 0 Å². The topological polar surface area (TPSA) is 106 Å². The van der Waals surface area contributed by atoms with E-state index in [1.165, 1.54) is 0 Å². The number of hydrogen-bond donors (Lipinski definition) is 1. The molecule has 4 aromatic rings. The highest BCUT2D eigenvalue weighted by Gasteiger charge is 2.15. The van der Waals surface area contributed by atoms with E-state index < -0.39 is 11.7 Å². The highest BCUT2D eigenvalue weighted by atomic mass is 16.6. The van der Waals surface area contributed by atoms with Crippen LogP contribution in [0.2, 0.25) is 0 Å². The van der Waals surface area contributed by atoms with E-state index in [0.29, 0.717) is 24.5 Å². The number of rotatable bonds is 8. The molecule has 8 heteroatoms. The maximum absolute atomic E-state index is 13.6. The number of ether oxygens (including phenoxy) is 3. The number of methoxy groups -OCH3 is 1.